The van der Waals surface area contributed by atoms with Crippen LogP contribution in [0.3, 0.4) is 0 Å². The molecule has 0 saturated carbocycles. The molecule has 0 atom stereocenters. The van der Waals surface area contributed by atoms with E-state index in [4.69, 9.17) is 5.11 Å². The van der Waals surface area contributed by atoms with Crippen molar-refractivity contribution in [2.24, 2.45) is 0 Å². The van der Waals surface area contributed by atoms with Gasteiger partial charge in [-0.05, 0) is 40.2 Å². The molecular weight excluding hydrogens is 260 g/mol. The van der Waals surface area contributed by atoms with Gasteiger partial charge in [0.25, 0.3) is 0 Å². The molecule has 76 valence electrons. The van der Waals surface area contributed by atoms with Crippen LogP contribution in [-0.4, -0.2) is 21.2 Å². The summed E-state index contributed by atoms with van der Waals surface area (Å²) in [7, 11) is 0. The summed E-state index contributed by atoms with van der Waals surface area (Å²) in [6, 6.07) is 6.55. The average molecular weight is 267 g/mol. The van der Waals surface area contributed by atoms with Gasteiger partial charge in [0.1, 0.15) is 10.4 Å². The zero-order valence-corrected chi connectivity index (χ0v) is 9.18. The smallest absolute Gasteiger partial charge is 0.154 e. The third-order valence-corrected chi connectivity index (χ3v) is 2.55. The maximum absolute atomic E-state index is 10.6. The Bertz CT molecular complexity index is 491. The lowest BCUT2D eigenvalue weighted by atomic mass is 10.3. The van der Waals surface area contributed by atoms with Gasteiger partial charge in [0.15, 0.2) is 6.29 Å². The summed E-state index contributed by atoms with van der Waals surface area (Å²) < 4.78 is 2.07. The Morgan fingerprint density at radius 2 is 2.00 bits per heavy atom. The minimum atomic E-state index is 0.195. The molecule has 0 aliphatic carbocycles. The molecule has 0 bridgehead atoms. The molecule has 0 radical (unpaired) electrons. The molecule has 4 nitrogen and oxygen atoms in total. The van der Waals surface area contributed by atoms with Crippen molar-refractivity contribution in [1.29, 1.82) is 0 Å². The van der Waals surface area contributed by atoms with E-state index >= 15 is 0 Å². The Kier molecular flexibility index (Phi) is 2.55. The van der Waals surface area contributed by atoms with Crippen LogP contribution in [0.1, 0.15) is 10.4 Å². The van der Waals surface area contributed by atoms with Crippen LogP contribution in [0.4, 0.5) is 0 Å². The number of phenols is 1. The van der Waals surface area contributed by atoms with Crippen molar-refractivity contribution in [3.63, 3.8) is 0 Å². The van der Waals surface area contributed by atoms with Gasteiger partial charge < -0.3 is 5.11 Å². The number of phenolic OH excluding ortho intramolecular Hbond substituents is 1. The largest absolute Gasteiger partial charge is 0.508 e. The number of benzene rings is 1. The Morgan fingerprint density at radius 3 is 2.53 bits per heavy atom. The second kappa shape index (κ2) is 3.86. The molecule has 1 aromatic carbocycles. The van der Waals surface area contributed by atoms with Crippen molar-refractivity contribution in [1.82, 2.24) is 9.78 Å². The first kappa shape index (κ1) is 9.92. The van der Waals surface area contributed by atoms with Crippen LogP contribution >= 0.6 is 15.9 Å². The molecule has 0 unspecified atom stereocenters. The molecule has 0 aliphatic heterocycles. The minimum Gasteiger partial charge on any atom is -0.508 e. The maximum atomic E-state index is 10.6. The Hall–Kier alpha value is -1.62. The Labute approximate surface area is 94.3 Å². The average Bonchev–Trinajstić information content (AvgIpc) is 2.61. The highest BCUT2D eigenvalue weighted by Crippen LogP contribution is 2.17. The number of hydrogen-bond donors (Lipinski definition) is 1. The number of aromatic hydroxyl groups is 1. The molecule has 0 aliphatic rings. The fraction of sp³-hybridized carbons (Fsp3) is 0. The van der Waals surface area contributed by atoms with Gasteiger partial charge >= 0.3 is 0 Å². The summed E-state index contributed by atoms with van der Waals surface area (Å²) in [6.45, 7) is 0. The van der Waals surface area contributed by atoms with E-state index in [1.807, 2.05) is 0 Å². The Balaban J connectivity index is 2.45. The van der Waals surface area contributed by atoms with E-state index in [0.717, 1.165) is 12.0 Å². The lowest BCUT2D eigenvalue weighted by molar-refractivity contribution is 0.112. The third-order valence-electron chi connectivity index (χ3n) is 1.94. The number of hydrogen-bond acceptors (Lipinski definition) is 3. The van der Waals surface area contributed by atoms with Crippen molar-refractivity contribution in [2.75, 3.05) is 0 Å². The van der Waals surface area contributed by atoms with Gasteiger partial charge in [-0.15, -0.1) is 0 Å². The number of carbonyl (C=O) groups excluding carboxylic acids is 1. The first-order chi connectivity index (χ1) is 7.20. The minimum absolute atomic E-state index is 0.195. The number of aldehydes is 1. The van der Waals surface area contributed by atoms with E-state index in [1.54, 1.807) is 35.1 Å². The lowest BCUT2D eigenvalue weighted by Crippen LogP contribution is -1.93. The van der Waals surface area contributed by atoms with Crippen LogP contribution in [0.2, 0.25) is 0 Å². The fourth-order valence-electron chi connectivity index (χ4n) is 1.18. The summed E-state index contributed by atoms with van der Waals surface area (Å²) >= 11 is 3.18. The Morgan fingerprint density at radius 1 is 1.33 bits per heavy atom. The van der Waals surface area contributed by atoms with Crippen LogP contribution in [0.25, 0.3) is 5.69 Å². The summed E-state index contributed by atoms with van der Waals surface area (Å²) in [5.41, 5.74) is 1.27. The van der Waals surface area contributed by atoms with Crippen LogP contribution in [0.5, 0.6) is 5.75 Å². The van der Waals surface area contributed by atoms with Gasteiger partial charge in [-0.3, -0.25) is 4.79 Å². The number of halogens is 1. The molecule has 0 amide bonds. The lowest BCUT2D eigenvalue weighted by Gasteiger charge is -1.99. The van der Waals surface area contributed by atoms with E-state index in [0.29, 0.717) is 10.2 Å². The summed E-state index contributed by atoms with van der Waals surface area (Å²) in [4.78, 5) is 10.6. The SMILES string of the molecule is O=Cc1cn(-c2ccc(O)cc2)nc1Br. The predicted octanol–water partition coefficient (Wildman–Crippen LogP) is 2.15. The first-order valence-electron chi connectivity index (χ1n) is 4.20. The van der Waals surface area contributed by atoms with Crippen LogP contribution in [0, 0.1) is 0 Å². The zero-order valence-electron chi connectivity index (χ0n) is 7.59. The van der Waals surface area contributed by atoms with Crippen molar-refractivity contribution in [3.8, 4) is 11.4 Å². The van der Waals surface area contributed by atoms with Crippen molar-refractivity contribution >= 4 is 22.2 Å². The summed E-state index contributed by atoms with van der Waals surface area (Å²) in [5.74, 6) is 0.195. The fourth-order valence-corrected chi connectivity index (χ4v) is 1.55. The molecular formula is C10H7BrN2O2. The highest BCUT2D eigenvalue weighted by atomic mass is 79.9. The van der Waals surface area contributed by atoms with Gasteiger partial charge in [0.05, 0.1) is 11.3 Å². The number of rotatable bonds is 2. The van der Waals surface area contributed by atoms with E-state index < -0.39 is 0 Å². The monoisotopic (exact) mass is 266 g/mol. The second-order valence-electron chi connectivity index (χ2n) is 2.95. The molecule has 2 aromatic rings. The van der Waals surface area contributed by atoms with Crippen LogP contribution in [-0.2, 0) is 0 Å². The molecule has 1 N–H and O–H groups in total. The second-order valence-corrected chi connectivity index (χ2v) is 3.71. The molecule has 1 heterocycles. The first-order valence-corrected chi connectivity index (χ1v) is 5.00. The van der Waals surface area contributed by atoms with Gasteiger partial charge in [-0.25, -0.2) is 4.68 Å². The zero-order chi connectivity index (χ0) is 10.8. The van der Waals surface area contributed by atoms with E-state index in [1.165, 1.54) is 0 Å². The van der Waals surface area contributed by atoms with Crippen LogP contribution < -0.4 is 0 Å². The van der Waals surface area contributed by atoms with Gasteiger partial charge in [0.2, 0.25) is 0 Å². The number of aromatic nitrogens is 2. The molecule has 0 spiro atoms. The van der Waals surface area contributed by atoms with Crippen molar-refractivity contribution in [2.45, 2.75) is 0 Å². The molecule has 0 saturated heterocycles. The van der Waals surface area contributed by atoms with Crippen molar-refractivity contribution in [3.05, 3.63) is 40.6 Å². The molecule has 5 heteroatoms. The topological polar surface area (TPSA) is 55.1 Å². The normalized spacial score (nSPS) is 10.2. The summed E-state index contributed by atoms with van der Waals surface area (Å²) in [6.07, 6.45) is 2.34. The van der Waals surface area contributed by atoms with Gasteiger partial charge in [-0.2, -0.15) is 5.10 Å². The third kappa shape index (κ3) is 1.92. The quantitative estimate of drug-likeness (QED) is 0.848. The molecule has 15 heavy (non-hydrogen) atoms. The molecule has 0 fully saturated rings. The van der Waals surface area contributed by atoms with E-state index in [2.05, 4.69) is 21.0 Å². The maximum Gasteiger partial charge on any atom is 0.154 e. The highest BCUT2D eigenvalue weighted by Gasteiger charge is 2.06. The number of nitrogens with zero attached hydrogens (tertiary/aromatic N) is 2. The van der Waals surface area contributed by atoms with E-state index in [9.17, 15) is 4.79 Å². The number of carbonyl (C=O) groups is 1. The van der Waals surface area contributed by atoms with E-state index in [-0.39, 0.29) is 5.75 Å². The summed E-state index contributed by atoms with van der Waals surface area (Å²) in [5, 5.41) is 13.2. The van der Waals surface area contributed by atoms with Gasteiger partial charge in [-0.1, -0.05) is 0 Å². The standard InChI is InChI=1S/C10H7BrN2O2/c11-10-7(6-14)5-13(12-10)8-1-3-9(15)4-2-8/h1-6,15H. The molecule has 1 aromatic heterocycles. The highest BCUT2D eigenvalue weighted by molar-refractivity contribution is 9.10. The van der Waals surface area contributed by atoms with Crippen LogP contribution in [0.15, 0.2) is 35.1 Å². The predicted molar refractivity (Wildman–Crippen MR) is 58.3 cm³/mol. The van der Waals surface area contributed by atoms with Crippen molar-refractivity contribution < 1.29 is 9.90 Å². The molecule has 2 rings (SSSR count). The van der Waals surface area contributed by atoms with Gasteiger partial charge in [0, 0.05) is 6.20 Å².